The molecule has 1 heterocycles. The van der Waals surface area contributed by atoms with Crippen molar-refractivity contribution in [2.75, 3.05) is 6.61 Å². The molecule has 3 rings (SSSR count). The van der Waals surface area contributed by atoms with E-state index in [-0.39, 0.29) is 5.95 Å². The Balaban J connectivity index is 1.81. The lowest BCUT2D eigenvalue weighted by atomic mass is 10.2. The van der Waals surface area contributed by atoms with E-state index >= 15 is 0 Å². The number of para-hydroxylation sites is 2. The van der Waals surface area contributed by atoms with Gasteiger partial charge in [-0.25, -0.2) is 0 Å². The average molecular weight is 360 g/mol. The maximum Gasteiger partial charge on any atom is 0.649 e. The molecule has 0 bridgehead atoms. The number of hydrogen-bond donors (Lipinski definition) is 0. The van der Waals surface area contributed by atoms with Crippen LogP contribution in [-0.2, 0) is 13.8 Å². The molecule has 0 fully saturated rings. The summed E-state index contributed by atoms with van der Waals surface area (Å²) in [7, 11) is -3.96. The molecule has 0 spiro atoms. The second-order valence-electron chi connectivity index (χ2n) is 5.57. The van der Waals surface area contributed by atoms with Gasteiger partial charge in [-0.15, -0.1) is 0 Å². The van der Waals surface area contributed by atoms with E-state index in [1.165, 1.54) is 0 Å². The Morgan fingerprint density at radius 3 is 1.96 bits per heavy atom. The third-order valence-corrected chi connectivity index (χ3v) is 4.80. The molecule has 132 valence electrons. The molecule has 0 unspecified atom stereocenters. The van der Waals surface area contributed by atoms with Crippen molar-refractivity contribution < 1.29 is 22.9 Å². The van der Waals surface area contributed by atoms with E-state index < -0.39 is 7.82 Å². The first kappa shape index (κ1) is 17.4. The van der Waals surface area contributed by atoms with Crippen molar-refractivity contribution in [1.29, 1.82) is 0 Å². The van der Waals surface area contributed by atoms with Crippen LogP contribution in [0, 0.1) is 0 Å². The fourth-order valence-electron chi connectivity index (χ4n) is 2.33. The van der Waals surface area contributed by atoms with Crippen LogP contribution in [0.1, 0.15) is 25.7 Å². The largest absolute Gasteiger partial charge is 0.649 e. The first-order chi connectivity index (χ1) is 12.2. The molecule has 25 heavy (non-hydrogen) atoms. The van der Waals surface area contributed by atoms with Gasteiger partial charge in [-0.3, -0.25) is 0 Å². The second kappa shape index (κ2) is 8.63. The Hall–Kier alpha value is -2.39. The topological polar surface area (TPSA) is 54.0 Å². The molecule has 0 saturated heterocycles. The smallest absolute Gasteiger partial charge is 0.465 e. The van der Waals surface area contributed by atoms with E-state index in [9.17, 15) is 4.57 Å². The minimum absolute atomic E-state index is 0.190. The average Bonchev–Trinajstić information content (AvgIpc) is 2.59. The molecule has 0 aliphatic carbocycles. The third-order valence-electron chi connectivity index (χ3n) is 3.53. The van der Waals surface area contributed by atoms with Crippen LogP contribution in [0.5, 0.6) is 11.5 Å². The first-order valence-electron chi connectivity index (χ1n) is 8.35. The summed E-state index contributed by atoms with van der Waals surface area (Å²) in [6, 6.07) is 17.6. The summed E-state index contributed by atoms with van der Waals surface area (Å²) < 4.78 is 35.5. The summed E-state index contributed by atoms with van der Waals surface area (Å²) in [5.74, 6) is 0.983. The van der Waals surface area contributed by atoms with Crippen LogP contribution in [0.25, 0.3) is 0 Å². The van der Waals surface area contributed by atoms with E-state index in [1.807, 2.05) is 12.1 Å². The number of phosphoric ester groups is 1. The number of allylic oxidation sites excluding steroid dienone is 1. The van der Waals surface area contributed by atoms with Crippen molar-refractivity contribution in [3.63, 3.8) is 0 Å². The molecule has 2 aromatic rings. The molecule has 0 radical (unpaired) electrons. The first-order valence-corrected chi connectivity index (χ1v) is 9.81. The highest BCUT2D eigenvalue weighted by Gasteiger charge is 2.34. The standard InChI is InChI=1S/C19H21O5P/c20-25(22-17-11-5-3-6-12-17,23-18-13-7-4-8-14-18)24-19-15-9-1-2-10-16-21-19/h3-8,11-15H,1-2,9-10,16H2. The zero-order valence-corrected chi connectivity index (χ0v) is 14.8. The van der Waals surface area contributed by atoms with Gasteiger partial charge in [0.2, 0.25) is 0 Å². The maximum atomic E-state index is 13.2. The monoisotopic (exact) mass is 360 g/mol. The van der Waals surface area contributed by atoms with Crippen molar-refractivity contribution in [1.82, 2.24) is 0 Å². The fraction of sp³-hybridized carbons (Fsp3) is 0.263. The van der Waals surface area contributed by atoms with Crippen molar-refractivity contribution >= 4 is 7.82 Å². The van der Waals surface area contributed by atoms with Gasteiger partial charge in [0.05, 0.1) is 6.61 Å². The molecular formula is C19H21O5P. The Bertz CT molecular complexity index is 684. The molecule has 0 N–H and O–H groups in total. The van der Waals surface area contributed by atoms with Gasteiger partial charge in [0.25, 0.3) is 5.95 Å². The predicted molar refractivity (Wildman–Crippen MR) is 95.3 cm³/mol. The van der Waals surface area contributed by atoms with Gasteiger partial charge in [0.15, 0.2) is 0 Å². The maximum absolute atomic E-state index is 13.2. The van der Waals surface area contributed by atoms with Crippen molar-refractivity contribution in [2.45, 2.75) is 25.7 Å². The van der Waals surface area contributed by atoms with Crippen LogP contribution in [0.2, 0.25) is 0 Å². The van der Waals surface area contributed by atoms with Gasteiger partial charge in [-0.2, -0.15) is 4.57 Å². The predicted octanol–water partition coefficient (Wildman–Crippen LogP) is 5.70. The van der Waals surface area contributed by atoms with Crippen LogP contribution in [0.15, 0.2) is 72.7 Å². The van der Waals surface area contributed by atoms with E-state index in [4.69, 9.17) is 18.3 Å². The summed E-state index contributed by atoms with van der Waals surface area (Å²) in [6.07, 6.45) is 5.66. The Kier molecular flexibility index (Phi) is 6.02. The molecule has 2 aromatic carbocycles. The van der Waals surface area contributed by atoms with E-state index in [0.29, 0.717) is 18.1 Å². The normalized spacial score (nSPS) is 15.1. The van der Waals surface area contributed by atoms with Crippen molar-refractivity contribution in [2.24, 2.45) is 0 Å². The van der Waals surface area contributed by atoms with Gasteiger partial charge in [0.1, 0.15) is 11.5 Å². The van der Waals surface area contributed by atoms with Gasteiger partial charge < -0.3 is 18.3 Å². The summed E-state index contributed by atoms with van der Waals surface area (Å²) >= 11 is 0. The Labute approximate surface area is 147 Å². The fourth-order valence-corrected chi connectivity index (χ4v) is 3.54. The number of phosphoric acid groups is 1. The molecule has 1 aliphatic heterocycles. The Morgan fingerprint density at radius 1 is 0.760 bits per heavy atom. The molecule has 5 nitrogen and oxygen atoms in total. The van der Waals surface area contributed by atoms with E-state index in [1.54, 1.807) is 54.6 Å². The molecule has 0 atom stereocenters. The second-order valence-corrected chi connectivity index (χ2v) is 7.01. The lowest BCUT2D eigenvalue weighted by Crippen LogP contribution is -2.08. The molecule has 6 heteroatoms. The summed E-state index contributed by atoms with van der Waals surface area (Å²) in [4.78, 5) is 0. The van der Waals surface area contributed by atoms with Gasteiger partial charge in [-0.05, 0) is 56.0 Å². The van der Waals surface area contributed by atoms with E-state index in [0.717, 1.165) is 25.7 Å². The van der Waals surface area contributed by atoms with Gasteiger partial charge in [0, 0.05) is 0 Å². The SMILES string of the molecule is O=P(OC1=CCCCCCO1)(Oc1ccccc1)Oc1ccccc1. The number of rotatable bonds is 6. The molecule has 0 aromatic heterocycles. The lowest BCUT2D eigenvalue weighted by Gasteiger charge is -2.21. The summed E-state index contributed by atoms with van der Waals surface area (Å²) in [5.41, 5.74) is 0. The molecule has 0 amide bonds. The van der Waals surface area contributed by atoms with Crippen LogP contribution < -0.4 is 9.05 Å². The Morgan fingerprint density at radius 2 is 1.36 bits per heavy atom. The van der Waals surface area contributed by atoms with Crippen LogP contribution in [0.4, 0.5) is 0 Å². The summed E-state index contributed by atoms with van der Waals surface area (Å²) in [6.45, 7) is 0.516. The highest BCUT2D eigenvalue weighted by Crippen LogP contribution is 2.51. The van der Waals surface area contributed by atoms with Crippen LogP contribution >= 0.6 is 7.82 Å². The summed E-state index contributed by atoms with van der Waals surface area (Å²) in [5, 5.41) is 0. The van der Waals surface area contributed by atoms with E-state index in [2.05, 4.69) is 0 Å². The lowest BCUT2D eigenvalue weighted by molar-refractivity contribution is 0.0810. The molecule has 0 saturated carbocycles. The van der Waals surface area contributed by atoms with Crippen molar-refractivity contribution in [3.8, 4) is 11.5 Å². The third kappa shape index (κ3) is 5.57. The molecule has 1 aliphatic rings. The highest BCUT2D eigenvalue weighted by atomic mass is 31.2. The van der Waals surface area contributed by atoms with Crippen molar-refractivity contribution in [3.05, 3.63) is 72.7 Å². The van der Waals surface area contributed by atoms with Crippen LogP contribution in [0.3, 0.4) is 0 Å². The minimum atomic E-state index is -3.96. The van der Waals surface area contributed by atoms with Crippen LogP contribution in [-0.4, -0.2) is 6.61 Å². The zero-order chi connectivity index (χ0) is 17.4. The number of benzene rings is 2. The highest BCUT2D eigenvalue weighted by molar-refractivity contribution is 7.49. The van der Waals surface area contributed by atoms with Gasteiger partial charge >= 0.3 is 7.82 Å². The quantitative estimate of drug-likeness (QED) is 0.618. The number of hydrogen-bond acceptors (Lipinski definition) is 5. The minimum Gasteiger partial charge on any atom is -0.465 e. The molecular weight excluding hydrogens is 339 g/mol. The van der Waals surface area contributed by atoms with Gasteiger partial charge in [-0.1, -0.05) is 36.4 Å². The zero-order valence-electron chi connectivity index (χ0n) is 13.9. The number of ether oxygens (including phenoxy) is 1.